The average molecular weight is 268 g/mol. The first-order valence-corrected chi connectivity index (χ1v) is 5.39. The topological polar surface area (TPSA) is 80.0 Å². The summed E-state index contributed by atoms with van der Waals surface area (Å²) in [5.41, 5.74) is -0.129. The minimum Gasteiger partial charge on any atom is -0.476 e. The van der Waals surface area contributed by atoms with Crippen LogP contribution in [-0.4, -0.2) is 32.6 Å². The molecular formula is C11H10F2N4O2. The van der Waals surface area contributed by atoms with Gasteiger partial charge in [-0.15, -0.1) is 5.10 Å². The van der Waals surface area contributed by atoms with Crippen LogP contribution in [0, 0.1) is 11.6 Å². The molecule has 0 spiro atoms. The van der Waals surface area contributed by atoms with Gasteiger partial charge in [-0.3, -0.25) is 0 Å². The van der Waals surface area contributed by atoms with Crippen molar-refractivity contribution in [1.29, 1.82) is 0 Å². The molecule has 1 aromatic carbocycles. The van der Waals surface area contributed by atoms with Crippen LogP contribution in [0.4, 0.5) is 14.5 Å². The summed E-state index contributed by atoms with van der Waals surface area (Å²) in [6.07, 6.45) is 1.26. The molecule has 1 aromatic heterocycles. The zero-order valence-corrected chi connectivity index (χ0v) is 9.68. The highest BCUT2D eigenvalue weighted by molar-refractivity contribution is 5.84. The Morgan fingerprint density at radius 3 is 2.89 bits per heavy atom. The molecule has 0 saturated carbocycles. The molecule has 0 radical (unpaired) electrons. The third-order valence-electron chi connectivity index (χ3n) is 2.37. The number of nitrogens with one attached hydrogen (secondary N) is 1. The minimum absolute atomic E-state index is 0.0403. The summed E-state index contributed by atoms with van der Waals surface area (Å²) in [6.45, 7) is 0.527. The number of anilines is 1. The highest BCUT2D eigenvalue weighted by Crippen LogP contribution is 2.15. The Kier molecular flexibility index (Phi) is 3.69. The number of aromatic carboxylic acids is 1. The van der Waals surface area contributed by atoms with Gasteiger partial charge in [0.05, 0.1) is 18.4 Å². The molecule has 6 nitrogen and oxygen atoms in total. The molecule has 8 heteroatoms. The molecule has 0 unspecified atom stereocenters. The van der Waals surface area contributed by atoms with Gasteiger partial charge in [0.25, 0.3) is 0 Å². The van der Waals surface area contributed by atoms with Gasteiger partial charge in [0.1, 0.15) is 0 Å². The van der Waals surface area contributed by atoms with Crippen molar-refractivity contribution in [3.8, 4) is 0 Å². The number of carboxylic acids is 1. The van der Waals surface area contributed by atoms with Crippen molar-refractivity contribution in [2.75, 3.05) is 11.9 Å². The number of hydrogen-bond donors (Lipinski definition) is 2. The van der Waals surface area contributed by atoms with Gasteiger partial charge in [-0.1, -0.05) is 11.3 Å². The number of hydrogen-bond acceptors (Lipinski definition) is 4. The van der Waals surface area contributed by atoms with Crippen molar-refractivity contribution < 1.29 is 18.7 Å². The summed E-state index contributed by atoms with van der Waals surface area (Å²) in [4.78, 5) is 10.6. The Labute approximate surface area is 106 Å². The van der Waals surface area contributed by atoms with Crippen LogP contribution >= 0.6 is 0 Å². The van der Waals surface area contributed by atoms with Crippen molar-refractivity contribution >= 4 is 11.7 Å². The van der Waals surface area contributed by atoms with Crippen LogP contribution in [0.2, 0.25) is 0 Å². The van der Waals surface area contributed by atoms with E-state index in [1.165, 1.54) is 23.0 Å². The lowest BCUT2D eigenvalue weighted by Crippen LogP contribution is -2.12. The maximum atomic E-state index is 13.3. The molecule has 2 rings (SSSR count). The molecule has 0 amide bonds. The second-order valence-electron chi connectivity index (χ2n) is 3.70. The summed E-state index contributed by atoms with van der Waals surface area (Å²) < 4.78 is 27.5. The number of carbonyl (C=O) groups is 1. The van der Waals surface area contributed by atoms with Crippen molar-refractivity contribution in [2.24, 2.45) is 0 Å². The predicted molar refractivity (Wildman–Crippen MR) is 61.8 cm³/mol. The van der Waals surface area contributed by atoms with E-state index in [0.29, 0.717) is 0 Å². The van der Waals surface area contributed by atoms with Gasteiger partial charge >= 0.3 is 5.97 Å². The van der Waals surface area contributed by atoms with Gasteiger partial charge in [-0.2, -0.15) is 0 Å². The van der Waals surface area contributed by atoms with Gasteiger partial charge in [0.2, 0.25) is 0 Å². The Balaban J connectivity index is 1.92. The first-order valence-electron chi connectivity index (χ1n) is 5.39. The van der Waals surface area contributed by atoms with E-state index in [0.717, 1.165) is 6.07 Å². The van der Waals surface area contributed by atoms with Gasteiger partial charge in [0.15, 0.2) is 17.3 Å². The molecule has 0 atom stereocenters. The molecule has 2 N–H and O–H groups in total. The molecule has 19 heavy (non-hydrogen) atoms. The SMILES string of the molecule is O=C(O)c1cn(CCNc2cccc(F)c2F)nn1. The van der Waals surface area contributed by atoms with Gasteiger partial charge in [-0.25, -0.2) is 18.3 Å². The third-order valence-corrected chi connectivity index (χ3v) is 2.37. The summed E-state index contributed by atoms with van der Waals surface area (Å²) in [5.74, 6) is -3.05. The fourth-order valence-corrected chi connectivity index (χ4v) is 1.45. The molecule has 100 valence electrons. The zero-order chi connectivity index (χ0) is 13.8. The van der Waals surface area contributed by atoms with Gasteiger partial charge < -0.3 is 10.4 Å². The normalized spacial score (nSPS) is 10.4. The molecular weight excluding hydrogens is 258 g/mol. The van der Waals surface area contributed by atoms with E-state index in [9.17, 15) is 13.6 Å². The number of benzene rings is 1. The van der Waals surface area contributed by atoms with Crippen LogP contribution in [-0.2, 0) is 6.54 Å². The molecule has 0 fully saturated rings. The average Bonchev–Trinajstić information content (AvgIpc) is 2.83. The lowest BCUT2D eigenvalue weighted by molar-refractivity contribution is 0.0690. The molecule has 2 aromatic rings. The highest BCUT2D eigenvalue weighted by Gasteiger charge is 2.09. The van der Waals surface area contributed by atoms with Gasteiger partial charge in [0, 0.05) is 6.54 Å². The van der Waals surface area contributed by atoms with Crippen molar-refractivity contribution in [2.45, 2.75) is 6.54 Å². The van der Waals surface area contributed by atoms with E-state index < -0.39 is 17.6 Å². The van der Waals surface area contributed by atoms with E-state index >= 15 is 0 Å². The number of halogens is 2. The lowest BCUT2D eigenvalue weighted by Gasteiger charge is -2.07. The van der Waals surface area contributed by atoms with Crippen LogP contribution in [0.1, 0.15) is 10.5 Å². The van der Waals surface area contributed by atoms with Crippen LogP contribution in [0.3, 0.4) is 0 Å². The molecule has 0 aliphatic carbocycles. The number of carboxylic acid groups (broad SMARTS) is 1. The minimum atomic E-state index is -1.17. The standard InChI is InChI=1S/C11H10F2N4O2/c12-7-2-1-3-8(10(7)13)14-4-5-17-6-9(11(18)19)15-16-17/h1-3,6,14H,4-5H2,(H,18,19). The Morgan fingerprint density at radius 1 is 1.42 bits per heavy atom. The zero-order valence-electron chi connectivity index (χ0n) is 9.68. The number of aromatic nitrogens is 3. The molecule has 0 saturated heterocycles. The largest absolute Gasteiger partial charge is 0.476 e. The summed E-state index contributed by atoms with van der Waals surface area (Å²) in [5, 5.41) is 18.3. The van der Waals surface area contributed by atoms with Crippen LogP contribution in [0.15, 0.2) is 24.4 Å². The van der Waals surface area contributed by atoms with Crippen LogP contribution in [0.25, 0.3) is 0 Å². The maximum absolute atomic E-state index is 13.3. The fraction of sp³-hybridized carbons (Fsp3) is 0.182. The van der Waals surface area contributed by atoms with E-state index in [1.54, 1.807) is 0 Å². The number of nitrogens with zero attached hydrogens (tertiary/aromatic N) is 3. The first kappa shape index (κ1) is 12.9. The van der Waals surface area contributed by atoms with Crippen LogP contribution < -0.4 is 5.32 Å². The fourth-order valence-electron chi connectivity index (χ4n) is 1.45. The van der Waals surface area contributed by atoms with E-state index in [-0.39, 0.29) is 24.5 Å². The monoisotopic (exact) mass is 268 g/mol. The lowest BCUT2D eigenvalue weighted by atomic mass is 10.3. The summed E-state index contributed by atoms with van der Waals surface area (Å²) in [6, 6.07) is 3.82. The van der Waals surface area contributed by atoms with E-state index in [4.69, 9.17) is 5.11 Å². The van der Waals surface area contributed by atoms with Gasteiger partial charge in [-0.05, 0) is 12.1 Å². The number of rotatable bonds is 5. The van der Waals surface area contributed by atoms with Crippen molar-refractivity contribution in [1.82, 2.24) is 15.0 Å². The Morgan fingerprint density at radius 2 is 2.21 bits per heavy atom. The predicted octanol–water partition coefficient (Wildman–Crippen LogP) is 1.37. The molecule has 0 aliphatic rings. The summed E-state index contributed by atoms with van der Waals surface area (Å²) in [7, 11) is 0. The second kappa shape index (κ2) is 5.42. The molecule has 0 bridgehead atoms. The Bertz CT molecular complexity index is 600. The highest BCUT2D eigenvalue weighted by atomic mass is 19.2. The van der Waals surface area contributed by atoms with E-state index in [1.807, 2.05) is 0 Å². The van der Waals surface area contributed by atoms with Crippen LogP contribution in [0.5, 0.6) is 0 Å². The third kappa shape index (κ3) is 3.03. The van der Waals surface area contributed by atoms with Crippen molar-refractivity contribution in [3.05, 3.63) is 41.7 Å². The van der Waals surface area contributed by atoms with Crippen molar-refractivity contribution in [3.63, 3.8) is 0 Å². The quantitative estimate of drug-likeness (QED) is 0.856. The summed E-state index contributed by atoms with van der Waals surface area (Å²) >= 11 is 0. The smallest absolute Gasteiger partial charge is 0.358 e. The first-order chi connectivity index (χ1) is 9.08. The second-order valence-corrected chi connectivity index (χ2v) is 3.70. The molecule has 1 heterocycles. The Hall–Kier alpha value is -2.51. The maximum Gasteiger partial charge on any atom is 0.358 e. The van der Waals surface area contributed by atoms with E-state index in [2.05, 4.69) is 15.6 Å². The molecule has 0 aliphatic heterocycles.